The average Bonchev–Trinajstić information content (AvgIpc) is 2.66. The predicted octanol–water partition coefficient (Wildman–Crippen LogP) is 1.23. The Balaban J connectivity index is 1.63. The van der Waals surface area contributed by atoms with Gasteiger partial charge in [-0.05, 0) is 38.6 Å². The minimum absolute atomic E-state index is 0.147. The van der Waals surface area contributed by atoms with Crippen molar-refractivity contribution in [3.05, 3.63) is 11.6 Å². The summed E-state index contributed by atoms with van der Waals surface area (Å²) in [5.41, 5.74) is 1.59. The molecule has 0 bridgehead atoms. The summed E-state index contributed by atoms with van der Waals surface area (Å²) >= 11 is 0. The summed E-state index contributed by atoms with van der Waals surface area (Å²) in [5, 5.41) is 12.9. The highest BCUT2D eigenvalue weighted by Crippen LogP contribution is 2.19. The van der Waals surface area contributed by atoms with Gasteiger partial charge < -0.3 is 15.2 Å². The minimum atomic E-state index is -0.315. The molecule has 0 aromatic carbocycles. The van der Waals surface area contributed by atoms with Crippen LogP contribution in [-0.2, 0) is 4.74 Å². The van der Waals surface area contributed by atoms with E-state index in [1.54, 1.807) is 5.57 Å². The largest absolute Gasteiger partial charge is 0.389 e. The van der Waals surface area contributed by atoms with E-state index in [1.165, 1.54) is 25.7 Å². The maximum atomic E-state index is 9.52. The highest BCUT2D eigenvalue weighted by Gasteiger charge is 2.25. The molecule has 0 amide bonds. The maximum absolute atomic E-state index is 9.52. The summed E-state index contributed by atoms with van der Waals surface area (Å²) in [5.74, 6) is 0. The predicted molar refractivity (Wildman–Crippen MR) is 59.8 cm³/mol. The van der Waals surface area contributed by atoms with Gasteiger partial charge in [0.15, 0.2) is 0 Å². The molecular weight excluding hydrogens is 190 g/mol. The molecule has 1 aliphatic carbocycles. The second-order valence-electron chi connectivity index (χ2n) is 4.52. The first kappa shape index (κ1) is 11.1. The molecule has 86 valence electrons. The van der Waals surface area contributed by atoms with Gasteiger partial charge in [0.05, 0.1) is 25.4 Å². The Labute approximate surface area is 91.5 Å². The van der Waals surface area contributed by atoms with Crippen molar-refractivity contribution in [3.63, 3.8) is 0 Å². The van der Waals surface area contributed by atoms with E-state index in [9.17, 15) is 5.11 Å². The number of rotatable bonds is 4. The van der Waals surface area contributed by atoms with Crippen LogP contribution in [0, 0.1) is 0 Å². The summed E-state index contributed by atoms with van der Waals surface area (Å²) in [6.07, 6.45) is 8.42. The second kappa shape index (κ2) is 5.64. The molecule has 3 nitrogen and oxygen atoms in total. The Morgan fingerprint density at radius 3 is 3.00 bits per heavy atom. The SMILES string of the molecule is OC1COCC1NCCC1=CCCCC1. The van der Waals surface area contributed by atoms with Crippen LogP contribution in [0.4, 0.5) is 0 Å². The Hall–Kier alpha value is -0.380. The van der Waals surface area contributed by atoms with Crippen LogP contribution >= 0.6 is 0 Å². The molecule has 1 aliphatic heterocycles. The molecule has 2 aliphatic rings. The van der Waals surface area contributed by atoms with E-state index < -0.39 is 0 Å². The number of hydrogen-bond acceptors (Lipinski definition) is 3. The van der Waals surface area contributed by atoms with Gasteiger partial charge in [0, 0.05) is 0 Å². The Kier molecular flexibility index (Phi) is 4.18. The smallest absolute Gasteiger partial charge is 0.0948 e. The quantitative estimate of drug-likeness (QED) is 0.687. The van der Waals surface area contributed by atoms with Crippen molar-refractivity contribution < 1.29 is 9.84 Å². The molecule has 1 heterocycles. The number of aliphatic hydroxyl groups is 1. The molecule has 2 unspecified atom stereocenters. The highest BCUT2D eigenvalue weighted by atomic mass is 16.5. The zero-order valence-corrected chi connectivity index (χ0v) is 9.24. The maximum Gasteiger partial charge on any atom is 0.0948 e. The summed E-state index contributed by atoms with van der Waals surface area (Å²) in [6.45, 7) is 2.11. The van der Waals surface area contributed by atoms with Crippen molar-refractivity contribution in [1.82, 2.24) is 5.32 Å². The van der Waals surface area contributed by atoms with E-state index in [4.69, 9.17) is 4.74 Å². The van der Waals surface area contributed by atoms with Crippen molar-refractivity contribution in [1.29, 1.82) is 0 Å². The molecule has 2 rings (SSSR count). The van der Waals surface area contributed by atoms with Gasteiger partial charge in [0.1, 0.15) is 0 Å². The van der Waals surface area contributed by atoms with Gasteiger partial charge in [-0.25, -0.2) is 0 Å². The van der Waals surface area contributed by atoms with Crippen molar-refractivity contribution in [2.75, 3.05) is 19.8 Å². The number of ether oxygens (including phenoxy) is 1. The van der Waals surface area contributed by atoms with Gasteiger partial charge >= 0.3 is 0 Å². The monoisotopic (exact) mass is 211 g/mol. The third-order valence-corrected chi connectivity index (χ3v) is 3.29. The third-order valence-electron chi connectivity index (χ3n) is 3.29. The van der Waals surface area contributed by atoms with Crippen LogP contribution in [0.1, 0.15) is 32.1 Å². The van der Waals surface area contributed by atoms with Crippen LogP contribution in [0.2, 0.25) is 0 Å². The fourth-order valence-corrected chi connectivity index (χ4v) is 2.29. The van der Waals surface area contributed by atoms with Crippen molar-refractivity contribution in [3.8, 4) is 0 Å². The topological polar surface area (TPSA) is 41.5 Å². The molecule has 15 heavy (non-hydrogen) atoms. The van der Waals surface area contributed by atoms with E-state index in [2.05, 4.69) is 11.4 Å². The fraction of sp³-hybridized carbons (Fsp3) is 0.833. The lowest BCUT2D eigenvalue weighted by molar-refractivity contribution is 0.122. The molecule has 1 saturated heterocycles. The molecule has 0 radical (unpaired) electrons. The van der Waals surface area contributed by atoms with Crippen LogP contribution in [-0.4, -0.2) is 37.0 Å². The molecule has 2 N–H and O–H groups in total. The highest BCUT2D eigenvalue weighted by molar-refractivity contribution is 5.05. The normalized spacial score (nSPS) is 31.7. The zero-order valence-electron chi connectivity index (χ0n) is 9.24. The first-order valence-corrected chi connectivity index (χ1v) is 6.03. The molecule has 0 aromatic heterocycles. The molecule has 1 fully saturated rings. The van der Waals surface area contributed by atoms with Crippen LogP contribution in [0.3, 0.4) is 0 Å². The molecule has 0 spiro atoms. The van der Waals surface area contributed by atoms with E-state index in [1.807, 2.05) is 0 Å². The van der Waals surface area contributed by atoms with Gasteiger partial charge in [0.2, 0.25) is 0 Å². The van der Waals surface area contributed by atoms with E-state index in [0.717, 1.165) is 13.0 Å². The molecule has 3 heteroatoms. The Bertz CT molecular complexity index is 228. The molecule has 0 aromatic rings. The van der Waals surface area contributed by atoms with Crippen molar-refractivity contribution >= 4 is 0 Å². The molecule has 2 atom stereocenters. The van der Waals surface area contributed by atoms with E-state index in [-0.39, 0.29) is 12.1 Å². The number of nitrogens with one attached hydrogen (secondary N) is 1. The lowest BCUT2D eigenvalue weighted by Gasteiger charge is -2.16. The molecule has 0 saturated carbocycles. The van der Waals surface area contributed by atoms with Crippen LogP contribution in [0.15, 0.2) is 11.6 Å². The third kappa shape index (κ3) is 3.30. The molecular formula is C12H21NO2. The first-order valence-electron chi connectivity index (χ1n) is 6.03. The summed E-state index contributed by atoms with van der Waals surface area (Å²) in [6, 6.07) is 0.147. The van der Waals surface area contributed by atoms with E-state index >= 15 is 0 Å². The minimum Gasteiger partial charge on any atom is -0.389 e. The summed E-state index contributed by atoms with van der Waals surface area (Å²) < 4.78 is 5.18. The van der Waals surface area contributed by atoms with Crippen LogP contribution < -0.4 is 5.32 Å². The van der Waals surface area contributed by atoms with Gasteiger partial charge in [0.25, 0.3) is 0 Å². The summed E-state index contributed by atoms with van der Waals surface area (Å²) in [7, 11) is 0. The zero-order chi connectivity index (χ0) is 10.5. The van der Waals surface area contributed by atoms with Gasteiger partial charge in [-0.1, -0.05) is 11.6 Å². The lowest BCUT2D eigenvalue weighted by atomic mass is 9.97. The van der Waals surface area contributed by atoms with Crippen LogP contribution in [0.5, 0.6) is 0 Å². The number of allylic oxidation sites excluding steroid dienone is 1. The lowest BCUT2D eigenvalue weighted by Crippen LogP contribution is -2.39. The van der Waals surface area contributed by atoms with Crippen LogP contribution in [0.25, 0.3) is 0 Å². The first-order chi connectivity index (χ1) is 7.36. The van der Waals surface area contributed by atoms with E-state index in [0.29, 0.717) is 13.2 Å². The van der Waals surface area contributed by atoms with Gasteiger partial charge in [-0.3, -0.25) is 0 Å². The fourth-order valence-electron chi connectivity index (χ4n) is 2.29. The average molecular weight is 211 g/mol. The Morgan fingerprint density at radius 1 is 1.40 bits per heavy atom. The summed E-state index contributed by atoms with van der Waals surface area (Å²) in [4.78, 5) is 0. The number of aliphatic hydroxyl groups excluding tert-OH is 1. The van der Waals surface area contributed by atoms with Gasteiger partial charge in [-0.15, -0.1) is 0 Å². The van der Waals surface area contributed by atoms with Gasteiger partial charge in [-0.2, -0.15) is 0 Å². The van der Waals surface area contributed by atoms with Crippen molar-refractivity contribution in [2.45, 2.75) is 44.2 Å². The number of hydrogen-bond donors (Lipinski definition) is 2. The standard InChI is InChI=1S/C12H21NO2/c14-12-9-15-8-11(12)13-7-6-10-4-2-1-3-5-10/h4,11-14H,1-3,5-9H2. The van der Waals surface area contributed by atoms with Crippen molar-refractivity contribution in [2.24, 2.45) is 0 Å². The second-order valence-corrected chi connectivity index (χ2v) is 4.52. The Morgan fingerprint density at radius 2 is 2.33 bits per heavy atom.